The Kier molecular flexibility index (Phi) is 6.63. The lowest BCUT2D eigenvalue weighted by molar-refractivity contribution is -0.140. The Morgan fingerprint density at radius 3 is 2.38 bits per heavy atom. The first-order valence-electron chi connectivity index (χ1n) is 11.3. The van der Waals surface area contributed by atoms with E-state index in [-0.39, 0.29) is 36.0 Å². The zero-order valence-corrected chi connectivity index (χ0v) is 18.3. The van der Waals surface area contributed by atoms with Crippen molar-refractivity contribution in [3.05, 3.63) is 46.8 Å². The normalized spacial score (nSPS) is 19.5. The number of ether oxygens (including phenoxy) is 3. The van der Waals surface area contributed by atoms with E-state index in [4.69, 9.17) is 14.2 Å². The topological polar surface area (TPSA) is 44.8 Å². The Morgan fingerprint density at radius 1 is 0.969 bits per heavy atom. The molecule has 4 rings (SSSR count). The van der Waals surface area contributed by atoms with Gasteiger partial charge in [-0.05, 0) is 50.7 Å². The van der Waals surface area contributed by atoms with Gasteiger partial charge in [-0.3, -0.25) is 4.79 Å². The fraction of sp³-hybridized carbons (Fsp3) is 0.480. The van der Waals surface area contributed by atoms with Gasteiger partial charge in [-0.15, -0.1) is 0 Å². The van der Waals surface area contributed by atoms with Crippen LogP contribution in [0.15, 0.2) is 18.2 Å². The van der Waals surface area contributed by atoms with Crippen molar-refractivity contribution in [3.63, 3.8) is 0 Å². The van der Waals surface area contributed by atoms with Crippen LogP contribution in [0, 0.1) is 29.3 Å². The van der Waals surface area contributed by atoms with Crippen molar-refractivity contribution >= 4 is 5.97 Å². The number of carbonyl (C=O) groups excluding carboxylic acids is 1. The van der Waals surface area contributed by atoms with Gasteiger partial charge in [-0.1, -0.05) is 25.8 Å². The zero-order chi connectivity index (χ0) is 22.8. The van der Waals surface area contributed by atoms with Gasteiger partial charge in [-0.2, -0.15) is 13.2 Å². The maximum Gasteiger partial charge on any atom is 0.314 e. The molecule has 0 amide bonds. The molecule has 1 aliphatic heterocycles. The molecule has 1 aliphatic carbocycles. The van der Waals surface area contributed by atoms with Gasteiger partial charge < -0.3 is 14.2 Å². The van der Waals surface area contributed by atoms with Crippen molar-refractivity contribution < 1.29 is 32.2 Å². The number of hydrogen-bond acceptors (Lipinski definition) is 4. The molecular weight excluding hydrogens is 421 g/mol. The predicted molar refractivity (Wildman–Crippen MR) is 113 cm³/mol. The molecule has 2 aromatic rings. The molecule has 1 heterocycles. The highest BCUT2D eigenvalue weighted by Gasteiger charge is 2.32. The van der Waals surface area contributed by atoms with E-state index in [1.807, 2.05) is 0 Å². The first-order valence-corrected chi connectivity index (χ1v) is 11.3. The molecule has 172 valence electrons. The van der Waals surface area contributed by atoms with E-state index in [0.29, 0.717) is 24.3 Å². The van der Waals surface area contributed by atoms with Gasteiger partial charge in [0.15, 0.2) is 23.0 Å². The molecule has 0 atom stereocenters. The number of rotatable bonds is 6. The number of esters is 1. The standard InChI is InChI=1S/C25H27F3O4/c1-3-5-14-6-8-15(9-7-14)25(29)31-19-13-17-12-16-10-11-18(30-4-2)21(27)23(16)32-24(17)22(28)20(19)26/h10-11,13-15H,3-9,12H2,1-2H3. The Hall–Kier alpha value is -2.70. The average Bonchev–Trinajstić information content (AvgIpc) is 2.79. The molecule has 32 heavy (non-hydrogen) atoms. The summed E-state index contributed by atoms with van der Waals surface area (Å²) in [7, 11) is 0. The van der Waals surface area contributed by atoms with E-state index in [9.17, 15) is 18.0 Å². The van der Waals surface area contributed by atoms with Crippen LogP contribution in [-0.4, -0.2) is 12.6 Å². The quantitative estimate of drug-likeness (QED) is 0.311. The second kappa shape index (κ2) is 9.43. The van der Waals surface area contributed by atoms with Crippen LogP contribution in [-0.2, 0) is 11.2 Å². The van der Waals surface area contributed by atoms with E-state index in [1.54, 1.807) is 13.0 Å². The lowest BCUT2D eigenvalue weighted by atomic mass is 9.80. The summed E-state index contributed by atoms with van der Waals surface area (Å²) >= 11 is 0. The van der Waals surface area contributed by atoms with Crippen LogP contribution in [0.4, 0.5) is 13.2 Å². The van der Waals surface area contributed by atoms with Gasteiger partial charge in [0.1, 0.15) is 0 Å². The van der Waals surface area contributed by atoms with Gasteiger partial charge in [-0.25, -0.2) is 0 Å². The summed E-state index contributed by atoms with van der Waals surface area (Å²) in [5, 5.41) is 0. The number of halogens is 3. The van der Waals surface area contributed by atoms with E-state index < -0.39 is 34.9 Å². The van der Waals surface area contributed by atoms with Crippen LogP contribution in [0.2, 0.25) is 0 Å². The summed E-state index contributed by atoms with van der Waals surface area (Å²) in [6.07, 6.45) is 5.62. The Balaban J connectivity index is 1.53. The molecule has 0 aromatic heterocycles. The molecule has 0 radical (unpaired) electrons. The van der Waals surface area contributed by atoms with Crippen LogP contribution in [0.3, 0.4) is 0 Å². The summed E-state index contributed by atoms with van der Waals surface area (Å²) in [5.41, 5.74) is 0.755. The summed E-state index contributed by atoms with van der Waals surface area (Å²) in [6.45, 7) is 4.11. The second-order valence-corrected chi connectivity index (χ2v) is 8.50. The summed E-state index contributed by atoms with van der Waals surface area (Å²) in [4.78, 5) is 12.6. The maximum atomic E-state index is 14.8. The van der Waals surface area contributed by atoms with Gasteiger partial charge >= 0.3 is 5.97 Å². The lowest BCUT2D eigenvalue weighted by Gasteiger charge is -2.27. The molecule has 0 spiro atoms. The number of hydrogen-bond donors (Lipinski definition) is 0. The number of fused-ring (bicyclic) bond motifs is 2. The SMILES string of the molecule is CCCC1CCC(C(=O)Oc2cc3c(c(F)c2F)Oc2c(ccc(OCC)c2F)C3)CC1. The van der Waals surface area contributed by atoms with Gasteiger partial charge in [0.05, 0.1) is 12.5 Å². The molecule has 4 nitrogen and oxygen atoms in total. The molecule has 0 unspecified atom stereocenters. The molecule has 2 aromatic carbocycles. The minimum atomic E-state index is -1.32. The van der Waals surface area contributed by atoms with Crippen molar-refractivity contribution in [3.8, 4) is 23.0 Å². The Labute approximate surface area is 185 Å². The van der Waals surface area contributed by atoms with E-state index in [2.05, 4.69) is 6.92 Å². The van der Waals surface area contributed by atoms with Crippen molar-refractivity contribution in [2.45, 2.75) is 58.8 Å². The molecule has 0 N–H and O–H groups in total. The highest BCUT2D eigenvalue weighted by molar-refractivity contribution is 5.75. The van der Waals surface area contributed by atoms with Gasteiger partial charge in [0, 0.05) is 17.5 Å². The Bertz CT molecular complexity index is 1010. The van der Waals surface area contributed by atoms with Crippen LogP contribution in [0.25, 0.3) is 0 Å². The smallest absolute Gasteiger partial charge is 0.314 e. The first-order chi connectivity index (χ1) is 15.4. The van der Waals surface area contributed by atoms with E-state index in [1.165, 1.54) is 12.1 Å². The lowest BCUT2D eigenvalue weighted by Crippen LogP contribution is -2.26. The summed E-state index contributed by atoms with van der Waals surface area (Å²) in [6, 6.07) is 4.36. The monoisotopic (exact) mass is 448 g/mol. The summed E-state index contributed by atoms with van der Waals surface area (Å²) < 4.78 is 60.1. The fourth-order valence-electron chi connectivity index (χ4n) is 4.64. The molecule has 0 bridgehead atoms. The van der Waals surface area contributed by atoms with Crippen LogP contribution in [0.1, 0.15) is 63.5 Å². The highest BCUT2D eigenvalue weighted by Crippen LogP contribution is 2.45. The largest absolute Gasteiger partial charge is 0.491 e. The maximum absolute atomic E-state index is 14.8. The van der Waals surface area contributed by atoms with Crippen LogP contribution >= 0.6 is 0 Å². The average molecular weight is 448 g/mol. The van der Waals surface area contributed by atoms with Crippen LogP contribution in [0.5, 0.6) is 23.0 Å². The predicted octanol–water partition coefficient (Wildman–Crippen LogP) is 6.71. The fourth-order valence-corrected chi connectivity index (χ4v) is 4.64. The molecule has 1 saturated carbocycles. The molecular formula is C25H27F3O4. The molecule has 0 saturated heterocycles. The highest BCUT2D eigenvalue weighted by atomic mass is 19.2. The zero-order valence-electron chi connectivity index (χ0n) is 18.3. The van der Waals surface area contributed by atoms with Crippen molar-refractivity contribution in [1.29, 1.82) is 0 Å². The minimum Gasteiger partial charge on any atom is -0.491 e. The Morgan fingerprint density at radius 2 is 1.69 bits per heavy atom. The third-order valence-electron chi connectivity index (χ3n) is 6.32. The summed E-state index contributed by atoms with van der Waals surface area (Å²) in [5.74, 6) is -4.68. The van der Waals surface area contributed by atoms with Crippen molar-refractivity contribution in [2.24, 2.45) is 11.8 Å². The van der Waals surface area contributed by atoms with Crippen molar-refractivity contribution in [2.75, 3.05) is 6.61 Å². The van der Waals surface area contributed by atoms with Gasteiger partial charge in [0.2, 0.25) is 17.5 Å². The first kappa shape index (κ1) is 22.5. The van der Waals surface area contributed by atoms with Crippen molar-refractivity contribution in [1.82, 2.24) is 0 Å². The molecule has 7 heteroatoms. The van der Waals surface area contributed by atoms with Crippen LogP contribution < -0.4 is 14.2 Å². The number of carbonyl (C=O) groups is 1. The van der Waals surface area contributed by atoms with E-state index >= 15 is 0 Å². The molecule has 1 fully saturated rings. The third-order valence-corrected chi connectivity index (χ3v) is 6.32. The minimum absolute atomic E-state index is 0.0187. The van der Waals surface area contributed by atoms with Gasteiger partial charge in [0.25, 0.3) is 0 Å². The number of benzene rings is 2. The second-order valence-electron chi connectivity index (χ2n) is 8.50. The van der Waals surface area contributed by atoms with E-state index in [0.717, 1.165) is 25.7 Å². The third kappa shape index (κ3) is 4.30. The molecule has 2 aliphatic rings.